The molecule has 0 aliphatic carbocycles. The lowest BCUT2D eigenvalue weighted by atomic mass is 10.3. The lowest BCUT2D eigenvalue weighted by Gasteiger charge is -2.30. The van der Waals surface area contributed by atoms with E-state index < -0.39 is 78.9 Å². The maximum absolute atomic E-state index is 13.1. The number of amides is 2. The lowest BCUT2D eigenvalue weighted by Crippen LogP contribution is -2.44. The zero-order valence-electron chi connectivity index (χ0n) is 23.8. The van der Waals surface area contributed by atoms with Gasteiger partial charge in [0, 0.05) is 68.8 Å². The summed E-state index contributed by atoms with van der Waals surface area (Å²) in [6.45, 7) is -1.71. The molecule has 0 fully saturated rings. The molecule has 0 saturated carbocycles. The van der Waals surface area contributed by atoms with Crippen LogP contribution in [0.15, 0.2) is 0 Å². The van der Waals surface area contributed by atoms with Gasteiger partial charge in [0.2, 0.25) is 0 Å². The molecule has 0 aliphatic heterocycles. The third-order valence-corrected chi connectivity index (χ3v) is 11.1. The average molecular weight is 689 g/mol. The molecule has 0 rings (SSSR count). The normalized spacial score (nSPS) is 13.5. The topological polar surface area (TPSA) is 150 Å². The van der Waals surface area contributed by atoms with Crippen LogP contribution in [-0.2, 0) is 50.4 Å². The van der Waals surface area contributed by atoms with Crippen molar-refractivity contribution in [3.63, 3.8) is 0 Å². The predicted octanol–water partition coefficient (Wildman–Crippen LogP) is 4.18. The van der Waals surface area contributed by atoms with Gasteiger partial charge in [0.25, 0.3) is 0 Å². The quantitative estimate of drug-likeness (QED) is 0.133. The number of hydrogen-bond donors (Lipinski definition) is 0. The number of rotatable bonds is 20. The Morgan fingerprint density at radius 2 is 0.786 bits per heavy atom. The summed E-state index contributed by atoms with van der Waals surface area (Å²) in [7, 11) is -6.25. The van der Waals surface area contributed by atoms with Gasteiger partial charge in [-0.15, -0.1) is 0 Å². The Balaban J connectivity index is 5.84. The van der Waals surface area contributed by atoms with Crippen molar-refractivity contribution in [1.29, 1.82) is 0 Å². The van der Waals surface area contributed by atoms with Crippen LogP contribution in [0.2, 0.25) is 0 Å². The minimum atomic E-state index is -5.33. The van der Waals surface area contributed by atoms with E-state index in [1.54, 1.807) is 0 Å². The summed E-state index contributed by atoms with van der Waals surface area (Å²) in [4.78, 5) is 25.5. The molecule has 0 aliphatic rings. The van der Waals surface area contributed by atoms with Crippen molar-refractivity contribution in [3.05, 3.63) is 0 Å². The summed E-state index contributed by atoms with van der Waals surface area (Å²) in [5.74, 6) is -4.66. The van der Waals surface area contributed by atoms with Crippen LogP contribution in [0.4, 0.5) is 26.3 Å². The van der Waals surface area contributed by atoms with Crippen LogP contribution in [0.1, 0.15) is 12.8 Å². The first-order valence-electron chi connectivity index (χ1n) is 11.7. The maximum Gasteiger partial charge on any atom is 0.471 e. The van der Waals surface area contributed by atoms with Gasteiger partial charge >= 0.3 is 47.0 Å². The number of hydrogen-bond acceptors (Lipinski definition) is 12. The summed E-state index contributed by atoms with van der Waals surface area (Å²) in [5, 5.41) is 0. The first-order valence-corrected chi connectivity index (χ1v) is 16.9. The van der Waals surface area contributed by atoms with Crippen LogP contribution in [0.25, 0.3) is 0 Å². The summed E-state index contributed by atoms with van der Waals surface area (Å²) >= 11 is 0. The Labute approximate surface area is 239 Å². The molecule has 0 aromatic rings. The summed E-state index contributed by atoms with van der Waals surface area (Å²) in [6, 6.07) is 0. The van der Waals surface area contributed by atoms with E-state index in [0.29, 0.717) is 0 Å². The molecule has 2 amide bonds. The number of nitrogens with zero attached hydrogens (tertiary/aromatic N) is 3. The lowest BCUT2D eigenvalue weighted by molar-refractivity contribution is -0.184. The number of alkyl halides is 6. The van der Waals surface area contributed by atoms with Gasteiger partial charge in [0.1, 0.15) is 18.9 Å². The van der Waals surface area contributed by atoms with E-state index >= 15 is 0 Å². The summed E-state index contributed by atoms with van der Waals surface area (Å²) in [6.07, 6.45) is -13.7. The van der Waals surface area contributed by atoms with Gasteiger partial charge in [-0.1, -0.05) is 0 Å². The van der Waals surface area contributed by atoms with Crippen molar-refractivity contribution in [1.82, 2.24) is 14.7 Å². The highest BCUT2D eigenvalue weighted by molar-refractivity contribution is 7.54. The van der Waals surface area contributed by atoms with Gasteiger partial charge < -0.3 is 36.9 Å². The second-order valence-corrected chi connectivity index (χ2v) is 15.0. The summed E-state index contributed by atoms with van der Waals surface area (Å²) in [5.41, 5.74) is 0. The van der Waals surface area contributed by atoms with E-state index in [-0.39, 0.29) is 35.7 Å². The van der Waals surface area contributed by atoms with Gasteiger partial charge in [0.15, 0.2) is 0 Å². The monoisotopic (exact) mass is 689 g/mol. The molecule has 42 heavy (non-hydrogen) atoms. The molecule has 250 valence electrons. The highest BCUT2D eigenvalue weighted by Gasteiger charge is 2.45. The third kappa shape index (κ3) is 13.7. The Kier molecular flexibility index (Phi) is 17.0. The molecule has 0 heterocycles. The Morgan fingerprint density at radius 1 is 0.524 bits per heavy atom. The predicted molar refractivity (Wildman–Crippen MR) is 136 cm³/mol. The largest absolute Gasteiger partial charge is 0.471 e. The third-order valence-electron chi connectivity index (χ3n) is 5.59. The van der Waals surface area contributed by atoms with Gasteiger partial charge in [-0.25, -0.2) is 0 Å². The van der Waals surface area contributed by atoms with Crippen LogP contribution in [0, 0.1) is 0 Å². The fraction of sp³-hybridized carbons (Fsp3) is 0.895. The fourth-order valence-electron chi connectivity index (χ4n) is 3.29. The zero-order chi connectivity index (χ0) is 33.0. The van der Waals surface area contributed by atoms with Crippen molar-refractivity contribution in [2.45, 2.75) is 25.2 Å². The first kappa shape index (κ1) is 40.9. The molecule has 0 unspecified atom stereocenters. The molecule has 0 bridgehead atoms. The molecule has 0 radical (unpaired) electrons. The van der Waals surface area contributed by atoms with Gasteiger partial charge in [-0.3, -0.25) is 28.2 Å². The average Bonchev–Trinajstić information content (AvgIpc) is 2.93. The van der Waals surface area contributed by atoms with Crippen molar-refractivity contribution < 1.29 is 76.8 Å². The van der Waals surface area contributed by atoms with Gasteiger partial charge in [0.05, 0.1) is 0 Å². The van der Waals surface area contributed by atoms with Crippen molar-refractivity contribution in [3.8, 4) is 0 Å². The SMILES string of the molecule is COP(=O)(CN(CCCN(CP(=O)(OC)OC)C(=O)C(F)(F)F)CCCN(CP(=O)(OC)OC)C(=O)C(F)(F)F)OC. The van der Waals surface area contributed by atoms with E-state index in [1.807, 2.05) is 0 Å². The minimum Gasteiger partial charge on any atom is -0.323 e. The number of carbonyl (C=O) groups is 2. The van der Waals surface area contributed by atoms with E-state index in [0.717, 1.165) is 42.7 Å². The fourth-order valence-corrected chi connectivity index (χ4v) is 6.58. The molecule has 14 nitrogen and oxygen atoms in total. The molecular formula is C19H36F6N3O11P3. The minimum absolute atomic E-state index is 0.203. The number of carbonyl (C=O) groups excluding carboxylic acids is 2. The molecule has 0 N–H and O–H groups in total. The van der Waals surface area contributed by atoms with Gasteiger partial charge in [-0.2, -0.15) is 26.3 Å². The molecule has 0 aromatic carbocycles. The second-order valence-electron chi connectivity index (χ2n) is 8.31. The zero-order valence-corrected chi connectivity index (χ0v) is 26.5. The highest BCUT2D eigenvalue weighted by atomic mass is 31.2. The Hall–Kier alpha value is -1.07. The molecule has 0 spiro atoms. The molecule has 0 aromatic heterocycles. The van der Waals surface area contributed by atoms with Crippen LogP contribution >= 0.6 is 22.8 Å². The summed E-state index contributed by atoms with van der Waals surface area (Å²) < 4.78 is 145. The second kappa shape index (κ2) is 17.4. The van der Waals surface area contributed by atoms with E-state index in [2.05, 4.69) is 18.1 Å². The van der Waals surface area contributed by atoms with Crippen molar-refractivity contribution >= 4 is 34.6 Å². The maximum atomic E-state index is 13.1. The first-order chi connectivity index (χ1) is 19.2. The van der Waals surface area contributed by atoms with Crippen LogP contribution in [-0.4, -0.2) is 127 Å². The van der Waals surface area contributed by atoms with Crippen LogP contribution in [0.3, 0.4) is 0 Å². The number of halogens is 6. The standard InChI is InChI=1S/C19H36F6N3O11P3/c1-34-40(31,35-2)13-26(9-7-11-27(16(29)18(20,21)22)14-41(32,36-3)37-4)10-8-12-28(17(30)19(23,24)25)15-42(33,38-5)39-6/h7-15H2,1-6H3. The van der Waals surface area contributed by atoms with Gasteiger partial charge in [-0.05, 0) is 12.8 Å². The van der Waals surface area contributed by atoms with Crippen LogP contribution in [0.5, 0.6) is 0 Å². The van der Waals surface area contributed by atoms with E-state index in [9.17, 15) is 49.6 Å². The highest BCUT2D eigenvalue weighted by Crippen LogP contribution is 2.49. The molecular weight excluding hydrogens is 653 g/mol. The van der Waals surface area contributed by atoms with Crippen LogP contribution < -0.4 is 0 Å². The van der Waals surface area contributed by atoms with E-state index in [1.165, 1.54) is 4.90 Å². The van der Waals surface area contributed by atoms with Crippen molar-refractivity contribution in [2.24, 2.45) is 0 Å². The van der Waals surface area contributed by atoms with E-state index in [4.69, 9.17) is 9.05 Å². The molecule has 23 heteroatoms. The van der Waals surface area contributed by atoms with Crippen molar-refractivity contribution in [2.75, 3.05) is 87.7 Å². The Morgan fingerprint density at radius 3 is 1.02 bits per heavy atom. The smallest absolute Gasteiger partial charge is 0.323 e. The molecule has 0 saturated heterocycles. The molecule has 0 atom stereocenters. The Bertz CT molecular complexity index is 930.